The average Bonchev–Trinajstić information content (AvgIpc) is 2.80. The zero-order valence-electron chi connectivity index (χ0n) is 6.90. The van der Waals surface area contributed by atoms with Crippen LogP contribution in [0.1, 0.15) is 12.0 Å². The van der Waals surface area contributed by atoms with Crippen molar-refractivity contribution in [1.29, 1.82) is 0 Å². The van der Waals surface area contributed by atoms with Crippen molar-refractivity contribution in [2.75, 3.05) is 0 Å². The first kappa shape index (κ1) is 8.14. The molecule has 0 amide bonds. The van der Waals surface area contributed by atoms with E-state index >= 15 is 0 Å². The molecule has 1 saturated carbocycles. The van der Waals surface area contributed by atoms with E-state index in [0.717, 1.165) is 5.56 Å². The van der Waals surface area contributed by atoms with Gasteiger partial charge in [-0.3, -0.25) is 0 Å². The van der Waals surface area contributed by atoms with Crippen LogP contribution in [0.4, 0.5) is 4.39 Å². The number of hydrogen-bond donors (Lipinski definition) is 0. The van der Waals surface area contributed by atoms with Crippen molar-refractivity contribution in [1.82, 2.24) is 0 Å². The van der Waals surface area contributed by atoms with E-state index in [2.05, 4.69) is 4.99 Å². The van der Waals surface area contributed by atoms with Gasteiger partial charge in [0.05, 0.1) is 0 Å². The van der Waals surface area contributed by atoms with Gasteiger partial charge in [0.1, 0.15) is 11.7 Å². The third-order valence-corrected chi connectivity index (χ3v) is 2.37. The minimum absolute atomic E-state index is 0.298. The first-order valence-electron chi connectivity index (χ1n) is 4.08. The van der Waals surface area contributed by atoms with Crippen LogP contribution < -0.4 is 0 Å². The van der Waals surface area contributed by atoms with E-state index in [9.17, 15) is 9.18 Å². The summed E-state index contributed by atoms with van der Waals surface area (Å²) < 4.78 is 13.0. The molecule has 2 nitrogen and oxygen atoms in total. The van der Waals surface area contributed by atoms with Crippen LogP contribution in [0.15, 0.2) is 35.3 Å². The van der Waals surface area contributed by atoms with Crippen molar-refractivity contribution in [2.45, 2.75) is 18.1 Å². The number of hydrogen-bond acceptors (Lipinski definition) is 2. The largest absolute Gasteiger partial charge is 0.244 e. The van der Waals surface area contributed by atoms with Gasteiger partial charge in [-0.25, -0.2) is 9.18 Å². The highest BCUT2D eigenvalue weighted by Crippen LogP contribution is 2.51. The number of nitrogens with zero attached hydrogens (tertiary/aromatic N) is 1. The second-order valence-electron chi connectivity index (χ2n) is 3.17. The van der Waals surface area contributed by atoms with Gasteiger partial charge in [0.25, 0.3) is 0 Å². The van der Waals surface area contributed by atoms with Gasteiger partial charge in [-0.05, 0) is 5.56 Å². The molecule has 1 aliphatic carbocycles. The molecule has 1 fully saturated rings. The predicted molar refractivity (Wildman–Crippen MR) is 45.8 cm³/mol. The van der Waals surface area contributed by atoms with Crippen LogP contribution in [0.3, 0.4) is 0 Å². The van der Waals surface area contributed by atoms with Gasteiger partial charge in [0, 0.05) is 6.42 Å². The molecular weight excluding hydrogens is 169 g/mol. The van der Waals surface area contributed by atoms with Gasteiger partial charge in [0.15, 0.2) is 0 Å². The van der Waals surface area contributed by atoms with Gasteiger partial charge in [-0.1, -0.05) is 30.3 Å². The van der Waals surface area contributed by atoms with Crippen LogP contribution in [-0.2, 0) is 10.3 Å². The molecule has 66 valence electrons. The number of halogens is 1. The Morgan fingerprint density at radius 1 is 1.46 bits per heavy atom. The third kappa shape index (κ3) is 1.18. The van der Waals surface area contributed by atoms with Gasteiger partial charge in [0.2, 0.25) is 6.08 Å². The predicted octanol–water partition coefficient (Wildman–Crippen LogP) is 1.96. The highest BCUT2D eigenvalue weighted by Gasteiger charge is 2.57. The summed E-state index contributed by atoms with van der Waals surface area (Å²) in [5, 5.41) is 0. The molecule has 0 aromatic heterocycles. The number of rotatable bonds is 2. The lowest BCUT2D eigenvalue weighted by Gasteiger charge is -2.06. The zero-order chi connectivity index (χ0) is 9.31. The lowest BCUT2D eigenvalue weighted by atomic mass is 10.1. The van der Waals surface area contributed by atoms with Crippen molar-refractivity contribution < 1.29 is 9.18 Å². The summed E-state index contributed by atoms with van der Waals surface area (Å²) in [7, 11) is 0. The number of carbonyl (C=O) groups excluding carboxylic acids is 1. The quantitative estimate of drug-likeness (QED) is 0.501. The van der Waals surface area contributed by atoms with Crippen molar-refractivity contribution in [3.63, 3.8) is 0 Å². The lowest BCUT2D eigenvalue weighted by Crippen LogP contribution is -2.06. The fourth-order valence-electron chi connectivity index (χ4n) is 1.50. The molecule has 1 aromatic carbocycles. The molecule has 2 atom stereocenters. The van der Waals surface area contributed by atoms with Crippen LogP contribution in [0.2, 0.25) is 0 Å². The topological polar surface area (TPSA) is 29.4 Å². The second kappa shape index (κ2) is 2.79. The number of aliphatic imine (C=N–C) groups is 1. The smallest absolute Gasteiger partial charge is 0.235 e. The number of isocyanates is 1. The molecule has 0 N–H and O–H groups in total. The van der Waals surface area contributed by atoms with Gasteiger partial charge >= 0.3 is 0 Å². The van der Waals surface area contributed by atoms with Crippen LogP contribution in [0.5, 0.6) is 0 Å². The fourth-order valence-corrected chi connectivity index (χ4v) is 1.50. The van der Waals surface area contributed by atoms with Crippen molar-refractivity contribution in [3.8, 4) is 0 Å². The molecule has 0 aliphatic heterocycles. The standard InChI is InChI=1S/C10H8FNO/c11-9-6-10(9,12-7-13)8-4-2-1-3-5-8/h1-5,9H,6H2/t9-,10+/m0/s1. The van der Waals surface area contributed by atoms with E-state index in [4.69, 9.17) is 0 Å². The Balaban J connectivity index is 2.40. The number of benzene rings is 1. The summed E-state index contributed by atoms with van der Waals surface area (Å²) in [6, 6.07) is 9.02. The van der Waals surface area contributed by atoms with Gasteiger partial charge < -0.3 is 0 Å². The summed E-state index contributed by atoms with van der Waals surface area (Å²) in [5.41, 5.74) is -0.158. The molecule has 1 aromatic rings. The summed E-state index contributed by atoms with van der Waals surface area (Å²) >= 11 is 0. The molecule has 1 aliphatic rings. The fraction of sp³-hybridized carbons (Fsp3) is 0.300. The molecular formula is C10H8FNO. The van der Waals surface area contributed by atoms with E-state index in [1.165, 1.54) is 6.08 Å². The van der Waals surface area contributed by atoms with Crippen molar-refractivity contribution in [3.05, 3.63) is 35.9 Å². The second-order valence-corrected chi connectivity index (χ2v) is 3.17. The van der Waals surface area contributed by atoms with Gasteiger partial charge in [-0.2, -0.15) is 4.99 Å². The van der Waals surface area contributed by atoms with Crippen molar-refractivity contribution in [2.24, 2.45) is 4.99 Å². The molecule has 0 saturated heterocycles. The Morgan fingerprint density at radius 3 is 2.54 bits per heavy atom. The molecule has 3 heteroatoms. The Labute approximate surface area is 75.1 Å². The highest BCUT2D eigenvalue weighted by atomic mass is 19.1. The van der Waals surface area contributed by atoms with Crippen molar-refractivity contribution >= 4 is 6.08 Å². The van der Waals surface area contributed by atoms with E-state index in [1.54, 1.807) is 12.1 Å². The Bertz CT molecular complexity index is 358. The lowest BCUT2D eigenvalue weighted by molar-refractivity contribution is 0.424. The minimum atomic E-state index is -1.03. The summed E-state index contributed by atoms with van der Waals surface area (Å²) in [5.74, 6) is 0. The Kier molecular flexibility index (Phi) is 1.74. The van der Waals surface area contributed by atoms with Crippen LogP contribution in [-0.4, -0.2) is 12.3 Å². The van der Waals surface area contributed by atoms with Crippen LogP contribution in [0, 0.1) is 0 Å². The maximum atomic E-state index is 13.0. The van der Waals surface area contributed by atoms with Gasteiger partial charge in [-0.15, -0.1) is 0 Å². The summed E-state index contributed by atoms with van der Waals surface area (Å²) in [4.78, 5) is 13.7. The average molecular weight is 177 g/mol. The third-order valence-electron chi connectivity index (χ3n) is 2.37. The zero-order valence-corrected chi connectivity index (χ0v) is 6.90. The summed E-state index contributed by atoms with van der Waals surface area (Å²) in [6.45, 7) is 0. The molecule has 13 heavy (non-hydrogen) atoms. The van der Waals surface area contributed by atoms with Crippen LogP contribution in [0.25, 0.3) is 0 Å². The SMILES string of the molecule is O=C=N[C@@]1(c2ccccc2)C[C@@H]1F. The molecule has 0 bridgehead atoms. The molecule has 0 heterocycles. The molecule has 0 spiro atoms. The maximum Gasteiger partial charge on any atom is 0.235 e. The maximum absolute atomic E-state index is 13.0. The minimum Gasteiger partial charge on any atom is -0.244 e. The number of alkyl halides is 1. The van der Waals surface area contributed by atoms with E-state index in [-0.39, 0.29) is 0 Å². The van der Waals surface area contributed by atoms with E-state index in [1.807, 2.05) is 18.2 Å². The Hall–Kier alpha value is -1.47. The van der Waals surface area contributed by atoms with Crippen LogP contribution >= 0.6 is 0 Å². The first-order valence-corrected chi connectivity index (χ1v) is 4.08. The molecule has 0 unspecified atom stereocenters. The van der Waals surface area contributed by atoms with E-state index < -0.39 is 11.7 Å². The normalized spacial score (nSPS) is 30.7. The molecule has 0 radical (unpaired) electrons. The summed E-state index contributed by atoms with van der Waals surface area (Å²) in [6.07, 6.45) is 0.701. The van der Waals surface area contributed by atoms with E-state index in [0.29, 0.717) is 6.42 Å². The molecule has 2 rings (SSSR count). The Morgan fingerprint density at radius 2 is 2.08 bits per heavy atom. The first-order chi connectivity index (χ1) is 6.29. The highest BCUT2D eigenvalue weighted by molar-refractivity contribution is 5.43. The monoisotopic (exact) mass is 177 g/mol.